The Bertz CT molecular complexity index is 274. The maximum absolute atomic E-state index is 7.28. The molecule has 0 heterocycles. The minimum atomic E-state index is 0.171. The highest BCUT2D eigenvalue weighted by Crippen LogP contribution is 2.05. The van der Waals surface area contributed by atoms with Crippen molar-refractivity contribution in [1.29, 1.82) is 5.41 Å². The maximum atomic E-state index is 7.28. The molecule has 0 spiro atoms. The van der Waals surface area contributed by atoms with Gasteiger partial charge in [0.05, 0.1) is 0 Å². The first-order chi connectivity index (χ1) is 5.24. The van der Waals surface area contributed by atoms with Crippen molar-refractivity contribution in [2.45, 2.75) is 0 Å². The summed E-state index contributed by atoms with van der Waals surface area (Å²) in [5.41, 5.74) is 6.87. The fraction of sp³-hybridized carbons (Fsp3) is 0. The molecule has 0 aliphatic heterocycles. The fourth-order valence-electron chi connectivity index (χ4n) is 0.732. The first-order valence-electron chi connectivity index (χ1n) is 3.15. The topological polar surface area (TPSA) is 62.2 Å². The molecule has 1 rings (SSSR count). The van der Waals surface area contributed by atoms with Crippen LogP contribution >= 0.6 is 0 Å². The molecule has 0 fully saturated rings. The van der Waals surface area contributed by atoms with Crippen LogP contribution < -0.4 is 5.73 Å². The highest BCUT2D eigenvalue weighted by molar-refractivity contribution is 5.99. The second kappa shape index (κ2) is 2.96. The van der Waals surface area contributed by atoms with Crippen LogP contribution in [0.25, 0.3) is 0 Å². The summed E-state index contributed by atoms with van der Waals surface area (Å²) in [5.74, 6) is 0.171. The van der Waals surface area contributed by atoms with Gasteiger partial charge in [-0.1, -0.05) is 0 Å². The lowest BCUT2D eigenvalue weighted by atomic mass is 10.2. The Balaban J connectivity index is 2.98. The Morgan fingerprint density at radius 2 is 1.91 bits per heavy atom. The highest BCUT2D eigenvalue weighted by atomic mass is 14.8. The quantitative estimate of drug-likeness (QED) is 0.351. The van der Waals surface area contributed by atoms with E-state index in [4.69, 9.17) is 11.1 Å². The molecule has 0 radical (unpaired) electrons. The van der Waals surface area contributed by atoms with Gasteiger partial charge in [-0.05, 0) is 31.0 Å². The van der Waals surface area contributed by atoms with Crippen LogP contribution in [0.2, 0.25) is 0 Å². The molecule has 1 aromatic carbocycles. The van der Waals surface area contributed by atoms with Crippen molar-refractivity contribution in [2.24, 2.45) is 4.99 Å². The molecule has 3 heteroatoms. The van der Waals surface area contributed by atoms with Crippen LogP contribution in [0.5, 0.6) is 0 Å². The molecule has 1 aromatic rings. The van der Waals surface area contributed by atoms with Crippen LogP contribution in [0.15, 0.2) is 29.3 Å². The van der Waals surface area contributed by atoms with Crippen molar-refractivity contribution in [1.82, 2.24) is 0 Å². The van der Waals surface area contributed by atoms with E-state index in [1.807, 2.05) is 0 Å². The molecule has 0 bridgehead atoms. The first-order valence-corrected chi connectivity index (χ1v) is 3.15. The van der Waals surface area contributed by atoms with E-state index in [2.05, 4.69) is 11.7 Å². The number of nitrogens with one attached hydrogen (secondary N) is 1. The van der Waals surface area contributed by atoms with Crippen molar-refractivity contribution >= 4 is 18.2 Å². The SMILES string of the molecule is C=NC(=N)c1ccc(N)cc1. The zero-order chi connectivity index (χ0) is 8.27. The van der Waals surface area contributed by atoms with Crippen LogP contribution in [0, 0.1) is 5.41 Å². The third-order valence-electron chi connectivity index (χ3n) is 1.34. The predicted octanol–water partition coefficient (Wildman–Crippen LogP) is 1.29. The third kappa shape index (κ3) is 1.64. The molecule has 0 unspecified atom stereocenters. The number of nitrogens with zero attached hydrogens (tertiary/aromatic N) is 1. The van der Waals surface area contributed by atoms with Crippen molar-refractivity contribution in [3.8, 4) is 0 Å². The lowest BCUT2D eigenvalue weighted by Crippen LogP contribution is -1.93. The average molecular weight is 147 g/mol. The van der Waals surface area contributed by atoms with Crippen molar-refractivity contribution in [3.63, 3.8) is 0 Å². The zero-order valence-electron chi connectivity index (χ0n) is 6.04. The van der Waals surface area contributed by atoms with Gasteiger partial charge in [0.25, 0.3) is 0 Å². The summed E-state index contributed by atoms with van der Waals surface area (Å²) in [6.07, 6.45) is 0. The molecule has 11 heavy (non-hydrogen) atoms. The molecule has 0 saturated carbocycles. The largest absolute Gasteiger partial charge is 0.399 e. The van der Waals surface area contributed by atoms with Crippen molar-refractivity contribution in [3.05, 3.63) is 29.8 Å². The summed E-state index contributed by atoms with van der Waals surface area (Å²) in [5, 5.41) is 7.28. The Hall–Kier alpha value is -1.64. The Kier molecular flexibility index (Phi) is 2.01. The number of anilines is 1. The van der Waals surface area contributed by atoms with Crippen molar-refractivity contribution in [2.75, 3.05) is 5.73 Å². The van der Waals surface area contributed by atoms with Gasteiger partial charge in [0.2, 0.25) is 0 Å². The van der Waals surface area contributed by atoms with Crippen LogP contribution in [0.3, 0.4) is 0 Å². The normalized spacial score (nSPS) is 9.09. The molecule has 56 valence electrons. The Labute approximate surface area is 65.1 Å². The van der Waals surface area contributed by atoms with E-state index >= 15 is 0 Å². The smallest absolute Gasteiger partial charge is 0.151 e. The standard InChI is InChI=1S/C8H9N3/c1-11-8(10)6-2-4-7(9)5-3-6/h2-5,10H,1,9H2. The van der Waals surface area contributed by atoms with Crippen LogP contribution in [-0.4, -0.2) is 12.6 Å². The number of hydrogen-bond acceptors (Lipinski definition) is 2. The predicted molar refractivity (Wildman–Crippen MR) is 47.2 cm³/mol. The number of aliphatic imine (C=N–C) groups is 1. The second-order valence-corrected chi connectivity index (χ2v) is 2.13. The van der Waals surface area contributed by atoms with Gasteiger partial charge in [-0.25, -0.2) is 4.99 Å². The van der Waals surface area contributed by atoms with Gasteiger partial charge in [-0.3, -0.25) is 5.41 Å². The van der Waals surface area contributed by atoms with Crippen molar-refractivity contribution < 1.29 is 0 Å². The average Bonchev–Trinajstić information content (AvgIpc) is 2.05. The number of amidine groups is 1. The van der Waals surface area contributed by atoms with Gasteiger partial charge in [-0.2, -0.15) is 0 Å². The molecular weight excluding hydrogens is 138 g/mol. The fourth-order valence-corrected chi connectivity index (χ4v) is 0.732. The minimum Gasteiger partial charge on any atom is -0.399 e. The van der Waals surface area contributed by atoms with Crippen LogP contribution in [0.4, 0.5) is 5.69 Å². The monoisotopic (exact) mass is 147 g/mol. The van der Waals surface area contributed by atoms with E-state index < -0.39 is 0 Å². The Morgan fingerprint density at radius 3 is 2.36 bits per heavy atom. The summed E-state index contributed by atoms with van der Waals surface area (Å²) in [7, 11) is 0. The van der Waals surface area contributed by atoms with Crippen LogP contribution in [-0.2, 0) is 0 Å². The number of nitrogen functional groups attached to an aromatic ring is 1. The molecule has 0 aliphatic carbocycles. The van der Waals surface area contributed by atoms with Gasteiger partial charge in [-0.15, -0.1) is 0 Å². The first kappa shape index (κ1) is 7.47. The molecule has 0 amide bonds. The number of rotatable bonds is 1. The van der Waals surface area contributed by atoms with E-state index in [1.54, 1.807) is 24.3 Å². The summed E-state index contributed by atoms with van der Waals surface area (Å²) in [6, 6.07) is 6.95. The second-order valence-electron chi connectivity index (χ2n) is 2.13. The minimum absolute atomic E-state index is 0.171. The van der Waals surface area contributed by atoms with Gasteiger partial charge in [0.1, 0.15) is 0 Å². The van der Waals surface area contributed by atoms with E-state index in [-0.39, 0.29) is 5.84 Å². The molecule has 0 atom stereocenters. The van der Waals surface area contributed by atoms with Crippen LogP contribution in [0.1, 0.15) is 5.56 Å². The lowest BCUT2D eigenvalue weighted by molar-refractivity contribution is 1.43. The number of hydrogen-bond donors (Lipinski definition) is 2. The van der Waals surface area contributed by atoms with Gasteiger partial charge in [0, 0.05) is 11.3 Å². The van der Waals surface area contributed by atoms with Gasteiger partial charge in [0.15, 0.2) is 5.84 Å². The Morgan fingerprint density at radius 1 is 1.36 bits per heavy atom. The third-order valence-corrected chi connectivity index (χ3v) is 1.34. The molecule has 0 saturated heterocycles. The van der Waals surface area contributed by atoms with Gasteiger partial charge >= 0.3 is 0 Å². The van der Waals surface area contributed by atoms with E-state index in [1.165, 1.54) is 0 Å². The molecular formula is C8H9N3. The maximum Gasteiger partial charge on any atom is 0.151 e. The lowest BCUT2D eigenvalue weighted by Gasteiger charge is -1.96. The number of benzene rings is 1. The summed E-state index contributed by atoms with van der Waals surface area (Å²) in [4.78, 5) is 3.48. The molecule has 0 aliphatic rings. The summed E-state index contributed by atoms with van der Waals surface area (Å²) < 4.78 is 0. The summed E-state index contributed by atoms with van der Waals surface area (Å²) in [6.45, 7) is 3.25. The molecule has 0 aromatic heterocycles. The van der Waals surface area contributed by atoms with Gasteiger partial charge < -0.3 is 5.73 Å². The highest BCUT2D eigenvalue weighted by Gasteiger charge is 1.95. The molecule has 3 nitrogen and oxygen atoms in total. The van der Waals surface area contributed by atoms with E-state index in [9.17, 15) is 0 Å². The van der Waals surface area contributed by atoms with E-state index in [0.29, 0.717) is 5.69 Å². The number of nitrogens with two attached hydrogens (primary N) is 1. The summed E-state index contributed by atoms with van der Waals surface area (Å²) >= 11 is 0. The molecule has 3 N–H and O–H groups in total. The van der Waals surface area contributed by atoms with E-state index in [0.717, 1.165) is 5.56 Å². The zero-order valence-corrected chi connectivity index (χ0v) is 6.04.